The van der Waals surface area contributed by atoms with Crippen LogP contribution in [0.2, 0.25) is 0 Å². The third-order valence-electron chi connectivity index (χ3n) is 6.02. The molecule has 1 N–H and O–H groups in total. The van der Waals surface area contributed by atoms with E-state index in [0.717, 1.165) is 34.3 Å². The quantitative estimate of drug-likeness (QED) is 0.164. The van der Waals surface area contributed by atoms with Crippen LogP contribution in [0, 0.1) is 5.92 Å². The maximum absolute atomic E-state index is 12.6. The number of anilines is 1. The number of ether oxygens (including phenoxy) is 2. The Morgan fingerprint density at radius 3 is 2.40 bits per heavy atom. The smallest absolute Gasteiger partial charge is 0.445 e. The van der Waals surface area contributed by atoms with Crippen LogP contribution in [-0.2, 0) is 27.7 Å². The molecule has 40 heavy (non-hydrogen) atoms. The van der Waals surface area contributed by atoms with Gasteiger partial charge >= 0.3 is 15.3 Å². The first-order chi connectivity index (χ1) is 19.2. The SMILES string of the molecule is CCOC(=O)S(=O)(=O)Nc1sc(CC(C)C)cc1-c1ccc(Cn2c(-c3ccccc3)nc(OC)c2C=O)cc1. The Morgan fingerprint density at radius 1 is 1.10 bits per heavy atom. The molecule has 0 amide bonds. The zero-order chi connectivity index (χ0) is 28.9. The molecule has 0 unspecified atom stereocenters. The molecule has 2 aromatic heterocycles. The Balaban J connectivity index is 1.68. The summed E-state index contributed by atoms with van der Waals surface area (Å²) in [5.74, 6) is 1.22. The van der Waals surface area contributed by atoms with E-state index in [0.29, 0.717) is 34.5 Å². The van der Waals surface area contributed by atoms with Crippen LogP contribution in [0.3, 0.4) is 0 Å². The number of benzene rings is 2. The average molecular weight is 582 g/mol. The molecular formula is C29H31N3O6S2. The fourth-order valence-electron chi connectivity index (χ4n) is 4.24. The molecule has 0 saturated carbocycles. The van der Waals surface area contributed by atoms with Crippen LogP contribution in [0.25, 0.3) is 22.5 Å². The van der Waals surface area contributed by atoms with Crippen LogP contribution in [0.1, 0.15) is 41.7 Å². The lowest BCUT2D eigenvalue weighted by Crippen LogP contribution is -2.23. The molecule has 0 atom stereocenters. The first-order valence-corrected chi connectivity index (χ1v) is 15.0. The summed E-state index contributed by atoms with van der Waals surface area (Å²) in [7, 11) is -2.89. The van der Waals surface area contributed by atoms with Crippen LogP contribution in [0.5, 0.6) is 5.88 Å². The highest BCUT2D eigenvalue weighted by Crippen LogP contribution is 2.38. The fraction of sp³-hybridized carbons (Fsp3) is 0.276. The summed E-state index contributed by atoms with van der Waals surface area (Å²) in [5, 5.41) is -0.962. The zero-order valence-electron chi connectivity index (χ0n) is 22.7. The van der Waals surface area contributed by atoms with Gasteiger partial charge in [0.05, 0.1) is 13.7 Å². The standard InChI is InChI=1S/C29H31N3O6S2/c1-5-38-29(34)40(35,36)31-28-24(16-23(39-28)15-19(2)3)21-13-11-20(12-14-21)17-32-25(18-33)27(37-4)30-26(32)22-9-7-6-8-10-22/h6-14,16,18-19,31H,5,15,17H2,1-4H3. The summed E-state index contributed by atoms with van der Waals surface area (Å²) in [4.78, 5) is 29.5. The zero-order valence-corrected chi connectivity index (χ0v) is 24.3. The van der Waals surface area contributed by atoms with Gasteiger partial charge in [0.15, 0.2) is 6.29 Å². The number of aldehydes is 1. The molecule has 0 spiro atoms. The Labute approximate surface area is 237 Å². The second-order valence-electron chi connectivity index (χ2n) is 9.44. The van der Waals surface area contributed by atoms with Crippen molar-refractivity contribution in [1.82, 2.24) is 9.55 Å². The summed E-state index contributed by atoms with van der Waals surface area (Å²) in [6, 6.07) is 19.1. The number of rotatable bonds is 11. The van der Waals surface area contributed by atoms with Gasteiger partial charge in [0.25, 0.3) is 0 Å². The van der Waals surface area contributed by atoms with E-state index in [-0.39, 0.29) is 12.5 Å². The van der Waals surface area contributed by atoms with Crippen molar-refractivity contribution in [3.8, 4) is 28.4 Å². The Hall–Kier alpha value is -3.96. The van der Waals surface area contributed by atoms with Gasteiger partial charge in [-0.2, -0.15) is 13.4 Å². The van der Waals surface area contributed by atoms with Gasteiger partial charge < -0.3 is 14.0 Å². The lowest BCUT2D eigenvalue weighted by atomic mass is 10.0. The summed E-state index contributed by atoms with van der Waals surface area (Å²) in [6.45, 7) is 6.03. The Morgan fingerprint density at radius 2 is 1.80 bits per heavy atom. The lowest BCUT2D eigenvalue weighted by molar-refractivity contribution is 0.111. The van der Waals surface area contributed by atoms with Crippen molar-refractivity contribution in [3.63, 3.8) is 0 Å². The van der Waals surface area contributed by atoms with Crippen LogP contribution in [0.4, 0.5) is 9.80 Å². The maximum Gasteiger partial charge on any atom is 0.445 e. The molecule has 2 heterocycles. The van der Waals surface area contributed by atoms with Gasteiger partial charge in [-0.1, -0.05) is 68.4 Å². The molecular weight excluding hydrogens is 550 g/mol. The highest BCUT2D eigenvalue weighted by molar-refractivity contribution is 8.07. The fourth-order valence-corrected chi connectivity index (χ4v) is 6.59. The minimum Gasteiger partial charge on any atom is -0.479 e. The van der Waals surface area contributed by atoms with Crippen molar-refractivity contribution >= 4 is 37.9 Å². The topological polar surface area (TPSA) is 117 Å². The predicted molar refractivity (Wildman–Crippen MR) is 157 cm³/mol. The van der Waals surface area contributed by atoms with Crippen molar-refractivity contribution < 1.29 is 27.5 Å². The number of methoxy groups -OCH3 is 1. The first-order valence-electron chi connectivity index (χ1n) is 12.7. The summed E-state index contributed by atoms with van der Waals surface area (Å²) in [6.07, 6.45) is 1.49. The number of nitrogens with zero attached hydrogens (tertiary/aromatic N) is 2. The molecule has 210 valence electrons. The number of carbonyl (C=O) groups is 2. The molecule has 0 radical (unpaired) electrons. The third-order valence-corrected chi connectivity index (χ3v) is 8.25. The van der Waals surface area contributed by atoms with Crippen molar-refractivity contribution in [2.24, 2.45) is 5.92 Å². The normalized spacial score (nSPS) is 11.4. The summed E-state index contributed by atoms with van der Waals surface area (Å²) < 4.78 is 39.4. The highest BCUT2D eigenvalue weighted by atomic mass is 32.2. The predicted octanol–water partition coefficient (Wildman–Crippen LogP) is 6.24. The van der Waals surface area contributed by atoms with E-state index in [1.807, 2.05) is 60.7 Å². The molecule has 0 fully saturated rings. The number of nitrogens with one attached hydrogen (secondary N) is 1. The van der Waals surface area contributed by atoms with E-state index in [1.165, 1.54) is 18.4 Å². The molecule has 0 aliphatic carbocycles. The van der Waals surface area contributed by atoms with Crippen LogP contribution in [0.15, 0.2) is 60.7 Å². The van der Waals surface area contributed by atoms with E-state index in [9.17, 15) is 18.0 Å². The minimum absolute atomic E-state index is 0.0440. The first kappa shape index (κ1) is 29.0. The van der Waals surface area contributed by atoms with E-state index in [1.54, 1.807) is 11.5 Å². The molecule has 2 aromatic carbocycles. The van der Waals surface area contributed by atoms with Gasteiger partial charge in [0, 0.05) is 22.5 Å². The van der Waals surface area contributed by atoms with Gasteiger partial charge in [-0.3, -0.25) is 9.52 Å². The largest absolute Gasteiger partial charge is 0.479 e. The van der Waals surface area contributed by atoms with Gasteiger partial charge in [-0.15, -0.1) is 11.3 Å². The molecule has 0 bridgehead atoms. The number of thiophene rings is 1. The minimum atomic E-state index is -4.36. The lowest BCUT2D eigenvalue weighted by Gasteiger charge is -2.11. The molecule has 0 aliphatic rings. The van der Waals surface area contributed by atoms with Gasteiger partial charge in [-0.05, 0) is 36.5 Å². The number of hydrogen-bond donors (Lipinski definition) is 1. The van der Waals surface area contributed by atoms with Gasteiger partial charge in [-0.25, -0.2) is 4.79 Å². The monoisotopic (exact) mass is 581 g/mol. The Bertz CT molecular complexity index is 1590. The summed E-state index contributed by atoms with van der Waals surface area (Å²) >= 11 is 1.30. The molecule has 0 aliphatic heterocycles. The molecule has 4 aromatic rings. The highest BCUT2D eigenvalue weighted by Gasteiger charge is 2.26. The number of sulfonamides is 1. The molecule has 9 nitrogen and oxygen atoms in total. The second kappa shape index (κ2) is 12.5. The molecule has 0 saturated heterocycles. The second-order valence-corrected chi connectivity index (χ2v) is 12.1. The van der Waals surface area contributed by atoms with Gasteiger partial charge in [0.2, 0.25) is 5.88 Å². The van der Waals surface area contributed by atoms with E-state index >= 15 is 0 Å². The number of carbonyl (C=O) groups excluding carboxylic acids is 2. The van der Waals surface area contributed by atoms with E-state index in [2.05, 4.69) is 23.6 Å². The molecule has 11 heteroatoms. The number of aromatic nitrogens is 2. The number of imidazole rings is 1. The van der Waals surface area contributed by atoms with Crippen LogP contribution in [-0.4, -0.2) is 43.3 Å². The van der Waals surface area contributed by atoms with Crippen LogP contribution < -0.4 is 9.46 Å². The van der Waals surface area contributed by atoms with Crippen molar-refractivity contribution in [1.29, 1.82) is 0 Å². The van der Waals surface area contributed by atoms with E-state index < -0.39 is 15.3 Å². The van der Waals surface area contributed by atoms with Crippen molar-refractivity contribution in [2.75, 3.05) is 18.4 Å². The van der Waals surface area contributed by atoms with Crippen molar-refractivity contribution in [3.05, 3.63) is 76.8 Å². The van der Waals surface area contributed by atoms with Crippen LogP contribution >= 0.6 is 11.3 Å². The maximum atomic E-state index is 12.6. The number of hydrogen-bond acceptors (Lipinski definition) is 8. The summed E-state index contributed by atoms with van der Waals surface area (Å²) in [5.41, 5.74) is 3.52. The Kier molecular flexibility index (Phi) is 9.06. The third kappa shape index (κ3) is 6.43. The van der Waals surface area contributed by atoms with Crippen molar-refractivity contribution in [2.45, 2.75) is 33.7 Å². The van der Waals surface area contributed by atoms with E-state index in [4.69, 9.17) is 9.47 Å². The molecule has 4 rings (SSSR count). The van der Waals surface area contributed by atoms with Gasteiger partial charge in [0.1, 0.15) is 16.5 Å². The average Bonchev–Trinajstić information content (AvgIpc) is 3.49.